The quantitative estimate of drug-likeness (QED) is 0.430. The van der Waals surface area contributed by atoms with Crippen molar-refractivity contribution in [2.75, 3.05) is 19.6 Å². The third-order valence-electron chi connectivity index (χ3n) is 5.79. The van der Waals surface area contributed by atoms with Crippen LogP contribution in [0.25, 0.3) is 17.2 Å². The molecule has 0 aliphatic carbocycles. The Morgan fingerprint density at radius 3 is 2.47 bits per heavy atom. The molecule has 1 atom stereocenters. The van der Waals surface area contributed by atoms with Gasteiger partial charge < -0.3 is 4.90 Å². The number of nitrogens with two attached hydrogens (primary N) is 1. The molecule has 1 fully saturated rings. The van der Waals surface area contributed by atoms with Gasteiger partial charge in [0.15, 0.2) is 0 Å². The minimum absolute atomic E-state index is 0.00535. The van der Waals surface area contributed by atoms with Crippen molar-refractivity contribution < 1.29 is 21.6 Å². The summed E-state index contributed by atoms with van der Waals surface area (Å²) in [6.45, 7) is 1.18. The molecule has 190 valence electrons. The van der Waals surface area contributed by atoms with Crippen LogP contribution in [0.4, 0.5) is 0 Å². The first-order chi connectivity index (χ1) is 17.0. The van der Waals surface area contributed by atoms with Crippen molar-refractivity contribution in [2.45, 2.75) is 11.3 Å². The lowest BCUT2D eigenvalue weighted by Crippen LogP contribution is -2.32. The van der Waals surface area contributed by atoms with E-state index < -0.39 is 20.0 Å². The molecule has 0 bridgehead atoms. The fraction of sp³-hybridized carbons (Fsp3) is 0.208. The molecule has 0 spiro atoms. The van der Waals surface area contributed by atoms with Gasteiger partial charge in [-0.1, -0.05) is 41.9 Å². The van der Waals surface area contributed by atoms with Crippen molar-refractivity contribution in [1.82, 2.24) is 9.62 Å². The van der Waals surface area contributed by atoms with E-state index in [9.17, 15) is 21.6 Å². The number of likely N-dealkylation sites (tertiary alicyclic amines) is 1. The van der Waals surface area contributed by atoms with Crippen molar-refractivity contribution in [3.8, 4) is 11.1 Å². The Labute approximate surface area is 219 Å². The molecule has 2 heterocycles. The highest BCUT2D eigenvalue weighted by Crippen LogP contribution is 2.27. The van der Waals surface area contributed by atoms with Crippen LogP contribution in [0, 0.1) is 5.92 Å². The van der Waals surface area contributed by atoms with Crippen LogP contribution >= 0.6 is 22.9 Å². The second kappa shape index (κ2) is 10.8. The fourth-order valence-corrected chi connectivity index (χ4v) is 6.67. The molecule has 1 amide bonds. The Morgan fingerprint density at radius 1 is 1.08 bits per heavy atom. The molecule has 3 N–H and O–H groups in total. The average Bonchev–Trinajstić information content (AvgIpc) is 3.50. The van der Waals surface area contributed by atoms with E-state index in [0.717, 1.165) is 10.3 Å². The maximum atomic E-state index is 13.0. The van der Waals surface area contributed by atoms with E-state index in [4.69, 9.17) is 16.7 Å². The van der Waals surface area contributed by atoms with Gasteiger partial charge in [0.1, 0.15) is 0 Å². The van der Waals surface area contributed by atoms with Gasteiger partial charge in [0.05, 0.1) is 9.23 Å². The smallest absolute Gasteiger partial charge is 0.253 e. The number of nitrogens with zero attached hydrogens (tertiary/aromatic N) is 1. The van der Waals surface area contributed by atoms with Crippen LogP contribution in [0.1, 0.15) is 21.7 Å². The molecule has 1 aliphatic heterocycles. The van der Waals surface area contributed by atoms with Gasteiger partial charge in [-0.3, -0.25) is 4.79 Å². The predicted octanol–water partition coefficient (Wildman–Crippen LogP) is 3.77. The normalized spacial score (nSPS) is 16.6. The maximum absolute atomic E-state index is 13.0. The number of hydrogen-bond donors (Lipinski definition) is 2. The lowest BCUT2D eigenvalue weighted by molar-refractivity contribution is 0.0787. The minimum Gasteiger partial charge on any atom is -0.338 e. The van der Waals surface area contributed by atoms with Crippen LogP contribution in [-0.4, -0.2) is 47.3 Å². The predicted molar refractivity (Wildman–Crippen MR) is 143 cm³/mol. The number of hydrogen-bond acceptors (Lipinski definition) is 6. The van der Waals surface area contributed by atoms with Gasteiger partial charge in [-0.05, 0) is 54.3 Å². The lowest BCUT2D eigenvalue weighted by atomic mass is 10.0. The highest BCUT2D eigenvalue weighted by Gasteiger charge is 2.27. The maximum Gasteiger partial charge on any atom is 0.253 e. The largest absolute Gasteiger partial charge is 0.338 e. The van der Waals surface area contributed by atoms with Gasteiger partial charge in [-0.15, -0.1) is 11.3 Å². The molecule has 8 nitrogen and oxygen atoms in total. The van der Waals surface area contributed by atoms with Crippen molar-refractivity contribution in [1.29, 1.82) is 0 Å². The monoisotopic (exact) mass is 565 g/mol. The Bertz CT molecular complexity index is 1500. The van der Waals surface area contributed by atoms with E-state index in [1.807, 2.05) is 0 Å². The summed E-state index contributed by atoms with van der Waals surface area (Å²) in [7, 11) is -7.51. The van der Waals surface area contributed by atoms with Gasteiger partial charge in [-0.25, -0.2) is 26.7 Å². The molecule has 2 aromatic carbocycles. The number of sulfonamides is 2. The zero-order valence-electron chi connectivity index (χ0n) is 19.0. The van der Waals surface area contributed by atoms with E-state index in [0.29, 0.717) is 40.5 Å². The highest BCUT2D eigenvalue weighted by molar-refractivity contribution is 7.92. The van der Waals surface area contributed by atoms with Crippen LogP contribution in [0.5, 0.6) is 0 Å². The summed E-state index contributed by atoms with van der Waals surface area (Å²) in [5.41, 5.74) is 1.55. The first-order valence-corrected chi connectivity index (χ1v) is 15.3. The number of benzene rings is 2. The SMILES string of the molecule is NS(=O)(=O)c1ccccc1-c1ccc(C(=O)N2CC[C@@H](CNS(=O)(=O)C=Cc3ccc(Cl)s3)C2)cc1. The van der Waals surface area contributed by atoms with Crippen LogP contribution in [0.3, 0.4) is 0 Å². The first-order valence-electron chi connectivity index (χ1n) is 11.0. The van der Waals surface area contributed by atoms with Gasteiger partial charge in [0.2, 0.25) is 20.0 Å². The standard InChI is InChI=1S/C24H24ClN3O5S3/c25-23-10-9-20(34-23)12-14-35(30,31)27-15-17-11-13-28(16-17)24(29)19-7-5-18(6-8-19)21-3-1-2-4-22(21)36(26,32)33/h1-10,12,14,17,27H,11,13,15-16H2,(H2,26,32,33)/t17-/m0/s1. The van der Waals surface area contributed by atoms with Crippen molar-refractivity contribution in [3.05, 3.63) is 80.8 Å². The van der Waals surface area contributed by atoms with Gasteiger partial charge in [0.25, 0.3) is 5.91 Å². The van der Waals surface area contributed by atoms with Crippen molar-refractivity contribution in [2.24, 2.45) is 11.1 Å². The molecule has 0 unspecified atom stereocenters. The van der Waals surface area contributed by atoms with Gasteiger partial charge in [-0.2, -0.15) is 0 Å². The number of nitrogens with one attached hydrogen (secondary N) is 1. The number of carbonyl (C=O) groups is 1. The third-order valence-corrected chi connectivity index (χ3v) is 9.02. The third kappa shape index (κ3) is 6.61. The summed E-state index contributed by atoms with van der Waals surface area (Å²) >= 11 is 7.14. The second-order valence-electron chi connectivity index (χ2n) is 8.36. The van der Waals surface area contributed by atoms with Crippen molar-refractivity contribution >= 4 is 55.0 Å². The van der Waals surface area contributed by atoms with Crippen LogP contribution in [0.2, 0.25) is 4.34 Å². The van der Waals surface area contributed by atoms with Crippen LogP contribution < -0.4 is 9.86 Å². The molecule has 1 aromatic heterocycles. The zero-order valence-corrected chi connectivity index (χ0v) is 22.2. The van der Waals surface area contributed by atoms with Gasteiger partial charge in [0, 0.05) is 41.0 Å². The summed E-state index contributed by atoms with van der Waals surface area (Å²) in [4.78, 5) is 15.4. The molecule has 12 heteroatoms. The van der Waals surface area contributed by atoms with Crippen LogP contribution in [0.15, 0.2) is 71.0 Å². The number of halogens is 1. The Hall–Kier alpha value is -2.54. The Morgan fingerprint density at radius 2 is 1.81 bits per heavy atom. The molecule has 1 aliphatic rings. The number of carbonyl (C=O) groups excluding carboxylic acids is 1. The minimum atomic E-state index is -3.89. The number of thiophene rings is 1. The summed E-state index contributed by atoms with van der Waals surface area (Å²) in [6.07, 6.45) is 2.17. The summed E-state index contributed by atoms with van der Waals surface area (Å²) in [6, 6.07) is 16.5. The van der Waals surface area contributed by atoms with Crippen molar-refractivity contribution in [3.63, 3.8) is 0 Å². The van der Waals surface area contributed by atoms with Crippen LogP contribution in [-0.2, 0) is 20.0 Å². The topological polar surface area (TPSA) is 127 Å². The van der Waals surface area contributed by atoms with Gasteiger partial charge >= 0.3 is 0 Å². The number of amides is 1. The summed E-state index contributed by atoms with van der Waals surface area (Å²) in [5, 5.41) is 6.44. The fourth-order valence-electron chi connectivity index (χ4n) is 3.97. The number of rotatable bonds is 8. The number of primary sulfonamides is 1. The van der Waals surface area contributed by atoms with E-state index in [-0.39, 0.29) is 23.3 Å². The van der Waals surface area contributed by atoms with E-state index in [2.05, 4.69) is 4.72 Å². The van der Waals surface area contributed by atoms with E-state index in [1.165, 1.54) is 23.5 Å². The molecule has 4 rings (SSSR count). The molecular weight excluding hydrogens is 542 g/mol. The molecule has 0 saturated carbocycles. The molecule has 36 heavy (non-hydrogen) atoms. The summed E-state index contributed by atoms with van der Waals surface area (Å²) in [5.74, 6) is -0.171. The molecule has 3 aromatic rings. The first kappa shape index (κ1) is 26.5. The molecular formula is C24H24ClN3O5S3. The second-order valence-corrected chi connectivity index (χ2v) is 13.3. The Balaban J connectivity index is 1.35. The molecule has 0 radical (unpaired) electrons. The zero-order chi connectivity index (χ0) is 25.9. The Kier molecular flexibility index (Phi) is 7.98. The average molecular weight is 566 g/mol. The molecule has 1 saturated heterocycles. The van der Waals surface area contributed by atoms with E-state index >= 15 is 0 Å². The lowest BCUT2D eigenvalue weighted by Gasteiger charge is -2.17. The highest BCUT2D eigenvalue weighted by atomic mass is 35.5. The summed E-state index contributed by atoms with van der Waals surface area (Å²) < 4.78 is 51.5. The van der Waals surface area contributed by atoms with E-state index in [1.54, 1.807) is 59.5 Å².